The van der Waals surface area contributed by atoms with Gasteiger partial charge in [0.25, 0.3) is 6.47 Å². The third-order valence-corrected chi connectivity index (χ3v) is 7.78. The Hall–Kier alpha value is -4.21. The Morgan fingerprint density at radius 2 is 2.02 bits per heavy atom. The van der Waals surface area contributed by atoms with Gasteiger partial charge in [-0.2, -0.15) is 14.8 Å². The highest BCUT2D eigenvalue weighted by Crippen LogP contribution is 2.40. The van der Waals surface area contributed by atoms with Crippen molar-refractivity contribution in [1.82, 2.24) is 39.7 Å². The van der Waals surface area contributed by atoms with Crippen molar-refractivity contribution in [3.8, 4) is 0 Å². The van der Waals surface area contributed by atoms with Gasteiger partial charge in [0.05, 0.1) is 12.9 Å². The standard InChI is InChI=1S/C27H34N10O5/c1-2-37-33-24(32-34-37)22-21(41-16-39)20(40)26(42-22)36-14-28-19-23(29-18-10-6-7-11-18)30-27(31-25(19)36)35(15-38)13-12-17-8-4-3-5-9-17/h3-5,8-9,14,16,18,20-22,26,38,40H,2,6-7,10-13,15H2,1H3,(H,29,30,31)/t20-,21+,22+,26-/m1/s1. The van der Waals surface area contributed by atoms with Crippen molar-refractivity contribution >= 4 is 29.4 Å². The molecule has 15 nitrogen and oxygen atoms in total. The molecule has 4 aromatic rings. The van der Waals surface area contributed by atoms with Crippen molar-refractivity contribution in [3.63, 3.8) is 0 Å². The minimum Gasteiger partial charge on any atom is -0.458 e. The molecule has 6 rings (SSSR count). The highest BCUT2D eigenvalue weighted by atomic mass is 16.6. The molecule has 2 aliphatic rings. The summed E-state index contributed by atoms with van der Waals surface area (Å²) in [5.41, 5.74) is 2.00. The molecule has 0 spiro atoms. The van der Waals surface area contributed by atoms with E-state index in [2.05, 4.69) is 25.7 Å². The Kier molecular flexibility index (Phi) is 8.21. The Morgan fingerprint density at radius 1 is 1.21 bits per heavy atom. The number of imidazole rings is 1. The van der Waals surface area contributed by atoms with Crippen molar-refractivity contribution in [3.05, 3.63) is 48.0 Å². The van der Waals surface area contributed by atoms with Crippen LogP contribution >= 0.6 is 0 Å². The molecule has 1 aromatic carbocycles. The van der Waals surface area contributed by atoms with Crippen molar-refractivity contribution in [1.29, 1.82) is 0 Å². The fourth-order valence-corrected chi connectivity index (χ4v) is 5.55. The summed E-state index contributed by atoms with van der Waals surface area (Å²) in [4.78, 5) is 28.6. The van der Waals surface area contributed by atoms with Crippen molar-refractivity contribution in [2.75, 3.05) is 23.5 Å². The second kappa shape index (κ2) is 12.3. The molecule has 1 saturated carbocycles. The molecule has 1 aliphatic heterocycles. The van der Waals surface area contributed by atoms with Gasteiger partial charge in [-0.15, -0.1) is 10.2 Å². The molecular formula is C27H34N10O5. The summed E-state index contributed by atoms with van der Waals surface area (Å²) in [6.45, 7) is 2.78. The number of aryl methyl sites for hydroxylation is 1. The number of tetrazole rings is 1. The van der Waals surface area contributed by atoms with Crippen LogP contribution in [-0.2, 0) is 27.2 Å². The number of ether oxygens (including phenoxy) is 2. The predicted molar refractivity (Wildman–Crippen MR) is 149 cm³/mol. The van der Waals surface area contributed by atoms with Gasteiger partial charge < -0.3 is 29.9 Å². The molecule has 222 valence electrons. The lowest BCUT2D eigenvalue weighted by Gasteiger charge is -2.22. The molecule has 4 atom stereocenters. The smallest absolute Gasteiger partial charge is 0.293 e. The van der Waals surface area contributed by atoms with Gasteiger partial charge in [0.2, 0.25) is 11.8 Å². The van der Waals surface area contributed by atoms with E-state index in [-0.39, 0.29) is 25.1 Å². The lowest BCUT2D eigenvalue weighted by molar-refractivity contribution is -0.140. The normalized spacial score (nSPS) is 22.5. The molecule has 3 aromatic heterocycles. The average Bonchev–Trinajstić information content (AvgIpc) is 3.82. The molecular weight excluding hydrogens is 544 g/mol. The van der Waals surface area contributed by atoms with Gasteiger partial charge in [-0.25, -0.2) is 4.98 Å². The molecule has 1 aliphatic carbocycles. The first-order valence-electron chi connectivity index (χ1n) is 14.2. The lowest BCUT2D eigenvalue weighted by Crippen LogP contribution is -2.32. The number of fused-ring (bicyclic) bond motifs is 1. The van der Waals surface area contributed by atoms with E-state index in [4.69, 9.17) is 19.4 Å². The van der Waals surface area contributed by atoms with Gasteiger partial charge in [-0.3, -0.25) is 9.36 Å². The summed E-state index contributed by atoms with van der Waals surface area (Å²) in [6, 6.07) is 10.2. The molecule has 2 fully saturated rings. The van der Waals surface area contributed by atoms with Crippen LogP contribution in [0.5, 0.6) is 0 Å². The fourth-order valence-electron chi connectivity index (χ4n) is 5.55. The van der Waals surface area contributed by atoms with Gasteiger partial charge in [0.15, 0.2) is 35.4 Å². The largest absolute Gasteiger partial charge is 0.458 e. The predicted octanol–water partition coefficient (Wildman–Crippen LogP) is 1.36. The molecule has 3 N–H and O–H groups in total. The summed E-state index contributed by atoms with van der Waals surface area (Å²) in [5.74, 6) is 1.03. The number of anilines is 2. The number of nitrogens with zero attached hydrogens (tertiary/aromatic N) is 9. The second-order valence-corrected chi connectivity index (χ2v) is 10.4. The van der Waals surface area contributed by atoms with E-state index in [1.54, 1.807) is 9.47 Å². The first-order chi connectivity index (χ1) is 20.6. The summed E-state index contributed by atoms with van der Waals surface area (Å²) in [6.07, 6.45) is 2.10. The van der Waals surface area contributed by atoms with E-state index < -0.39 is 24.5 Å². The van der Waals surface area contributed by atoms with Crippen molar-refractivity contribution < 1.29 is 24.5 Å². The van der Waals surface area contributed by atoms with E-state index in [0.717, 1.165) is 31.2 Å². The number of nitrogens with one attached hydrogen (secondary N) is 1. The molecule has 0 radical (unpaired) electrons. The van der Waals surface area contributed by atoms with Gasteiger partial charge in [0.1, 0.15) is 12.8 Å². The Labute approximate surface area is 241 Å². The minimum absolute atomic E-state index is 0.181. The zero-order valence-corrected chi connectivity index (χ0v) is 23.2. The number of carbonyl (C=O) groups is 1. The number of hydrogen-bond donors (Lipinski definition) is 3. The van der Waals surface area contributed by atoms with Gasteiger partial charge in [-0.1, -0.05) is 43.2 Å². The van der Waals surface area contributed by atoms with Crippen LogP contribution < -0.4 is 10.2 Å². The van der Waals surface area contributed by atoms with E-state index in [1.807, 2.05) is 37.3 Å². The number of aliphatic hydroxyl groups is 2. The Balaban J connectivity index is 1.36. The van der Waals surface area contributed by atoms with Crippen LogP contribution in [0.15, 0.2) is 36.7 Å². The molecule has 1 saturated heterocycles. The minimum atomic E-state index is -1.29. The van der Waals surface area contributed by atoms with Crippen LogP contribution in [0.4, 0.5) is 11.8 Å². The number of aliphatic hydroxyl groups excluding tert-OH is 2. The van der Waals surface area contributed by atoms with Crippen LogP contribution in [0.2, 0.25) is 0 Å². The van der Waals surface area contributed by atoms with E-state index in [0.29, 0.717) is 42.4 Å². The molecule has 15 heteroatoms. The maximum absolute atomic E-state index is 11.3. The van der Waals surface area contributed by atoms with Crippen LogP contribution in [0.3, 0.4) is 0 Å². The highest BCUT2D eigenvalue weighted by Gasteiger charge is 2.49. The number of hydrogen-bond acceptors (Lipinski definition) is 13. The number of carbonyl (C=O) groups excluding carboxylic acids is 1. The molecule has 0 unspecified atom stereocenters. The monoisotopic (exact) mass is 578 g/mol. The van der Waals surface area contributed by atoms with Crippen molar-refractivity contribution in [2.45, 2.75) is 76.2 Å². The maximum atomic E-state index is 11.3. The maximum Gasteiger partial charge on any atom is 0.293 e. The molecule has 0 bridgehead atoms. The SMILES string of the molecule is CCn1nnc([C@H]2O[C@@H](n3cnc4c(NC5CCCC5)nc(N(CO)CCc5ccccc5)nc43)[C@H](O)[C@@H]2OC=O)n1. The van der Waals surface area contributed by atoms with E-state index >= 15 is 0 Å². The number of aromatic nitrogens is 8. The van der Waals surface area contributed by atoms with Gasteiger partial charge in [-0.05, 0) is 37.0 Å². The van der Waals surface area contributed by atoms with Gasteiger partial charge >= 0.3 is 0 Å². The number of benzene rings is 1. The molecule has 42 heavy (non-hydrogen) atoms. The van der Waals surface area contributed by atoms with E-state index in [9.17, 15) is 15.0 Å². The van der Waals surface area contributed by atoms with Crippen molar-refractivity contribution in [2.24, 2.45) is 0 Å². The second-order valence-electron chi connectivity index (χ2n) is 10.4. The zero-order chi connectivity index (χ0) is 29.1. The Morgan fingerprint density at radius 3 is 2.74 bits per heavy atom. The number of rotatable bonds is 12. The Bertz CT molecular complexity index is 1490. The first-order valence-corrected chi connectivity index (χ1v) is 14.2. The lowest BCUT2D eigenvalue weighted by atomic mass is 10.1. The van der Waals surface area contributed by atoms with Crippen LogP contribution in [0.1, 0.15) is 56.3 Å². The van der Waals surface area contributed by atoms with Crippen LogP contribution in [-0.4, -0.2) is 87.9 Å². The third-order valence-electron chi connectivity index (χ3n) is 7.78. The highest BCUT2D eigenvalue weighted by molar-refractivity contribution is 5.84. The molecule has 0 amide bonds. The van der Waals surface area contributed by atoms with Crippen LogP contribution in [0, 0.1) is 0 Å². The summed E-state index contributed by atoms with van der Waals surface area (Å²) >= 11 is 0. The van der Waals surface area contributed by atoms with E-state index in [1.165, 1.54) is 11.1 Å². The third kappa shape index (κ3) is 5.49. The topological polar surface area (TPSA) is 178 Å². The summed E-state index contributed by atoms with van der Waals surface area (Å²) in [5, 5.41) is 37.4. The van der Waals surface area contributed by atoms with Gasteiger partial charge in [0, 0.05) is 12.6 Å². The van der Waals surface area contributed by atoms with Crippen LogP contribution in [0.25, 0.3) is 11.2 Å². The fraction of sp³-hybridized carbons (Fsp3) is 0.519. The summed E-state index contributed by atoms with van der Waals surface area (Å²) in [7, 11) is 0. The first kappa shape index (κ1) is 27.9. The average molecular weight is 579 g/mol. The summed E-state index contributed by atoms with van der Waals surface area (Å²) < 4.78 is 13.0. The quantitative estimate of drug-likeness (QED) is 0.162. The zero-order valence-electron chi connectivity index (χ0n) is 23.2. The molecule has 4 heterocycles.